The second kappa shape index (κ2) is 9.60. The highest BCUT2D eigenvalue weighted by Crippen LogP contribution is 2.36. The summed E-state index contributed by atoms with van der Waals surface area (Å²) >= 11 is 0. The highest BCUT2D eigenvalue weighted by molar-refractivity contribution is 5.88. The fourth-order valence-electron chi connectivity index (χ4n) is 3.83. The third kappa shape index (κ3) is 4.97. The first-order valence-electron chi connectivity index (χ1n) is 10.8. The van der Waals surface area contributed by atoms with E-state index in [2.05, 4.69) is 4.74 Å². The minimum absolute atomic E-state index is 0.110. The largest absolute Gasteiger partial charge is 0.432 e. The summed E-state index contributed by atoms with van der Waals surface area (Å²) in [5.41, 5.74) is -0.248. The molecule has 0 saturated carbocycles. The summed E-state index contributed by atoms with van der Waals surface area (Å²) in [6, 6.07) is 11.9. The van der Waals surface area contributed by atoms with E-state index in [-0.39, 0.29) is 22.1 Å². The summed E-state index contributed by atoms with van der Waals surface area (Å²) < 4.78 is 104. The minimum Gasteiger partial charge on any atom is -0.429 e. The molecule has 0 heterocycles. The predicted molar refractivity (Wildman–Crippen MR) is 119 cm³/mol. The Morgan fingerprint density at radius 1 is 0.714 bits per heavy atom. The molecule has 0 spiro atoms. The van der Waals surface area contributed by atoms with Gasteiger partial charge in [0.15, 0.2) is 17.5 Å². The second-order valence-corrected chi connectivity index (χ2v) is 8.10. The topological polar surface area (TPSA) is 9.23 Å². The Morgan fingerprint density at radius 3 is 1.97 bits per heavy atom. The van der Waals surface area contributed by atoms with Crippen molar-refractivity contribution in [2.45, 2.75) is 32.3 Å². The van der Waals surface area contributed by atoms with Crippen molar-refractivity contribution in [2.75, 3.05) is 0 Å². The standard InChI is InChI=1S/C27H19F7O/c1-2-3-4-15-11-21(28)24(22(29)12-15)27(33,34)35-19-8-5-16(6-9-19)17-7-10-20-18(13-17)14-23(30)26(32)25(20)31/h5-14H,2-4H2,1H3. The molecule has 0 aliphatic rings. The summed E-state index contributed by atoms with van der Waals surface area (Å²) in [4.78, 5) is 0. The zero-order chi connectivity index (χ0) is 25.3. The van der Waals surface area contributed by atoms with Crippen molar-refractivity contribution in [1.29, 1.82) is 0 Å². The number of unbranched alkanes of at least 4 members (excludes halogenated alkanes) is 1. The smallest absolute Gasteiger partial charge is 0.429 e. The number of alkyl halides is 2. The summed E-state index contributed by atoms with van der Waals surface area (Å²) in [5, 5.41) is -0.00361. The van der Waals surface area contributed by atoms with Crippen LogP contribution in [0, 0.1) is 29.1 Å². The number of fused-ring (bicyclic) bond motifs is 1. The highest BCUT2D eigenvalue weighted by Gasteiger charge is 2.41. The van der Waals surface area contributed by atoms with E-state index in [4.69, 9.17) is 0 Å². The third-order valence-electron chi connectivity index (χ3n) is 5.62. The van der Waals surface area contributed by atoms with E-state index in [1.807, 2.05) is 6.92 Å². The van der Waals surface area contributed by atoms with E-state index in [0.717, 1.165) is 24.6 Å². The summed E-state index contributed by atoms with van der Waals surface area (Å²) in [7, 11) is 0. The maximum Gasteiger partial charge on any atom is 0.432 e. The highest BCUT2D eigenvalue weighted by atomic mass is 19.3. The van der Waals surface area contributed by atoms with Gasteiger partial charge in [0.1, 0.15) is 22.9 Å². The molecule has 4 aromatic carbocycles. The molecule has 0 atom stereocenters. The first-order valence-corrected chi connectivity index (χ1v) is 10.8. The Kier molecular flexibility index (Phi) is 6.74. The quantitative estimate of drug-likeness (QED) is 0.185. The van der Waals surface area contributed by atoms with Crippen LogP contribution in [-0.2, 0) is 12.5 Å². The molecule has 0 fully saturated rings. The van der Waals surface area contributed by atoms with Crippen LogP contribution >= 0.6 is 0 Å². The molecule has 4 rings (SSSR count). The monoisotopic (exact) mass is 492 g/mol. The molecule has 1 nitrogen and oxygen atoms in total. The number of aryl methyl sites for hydroxylation is 1. The number of benzene rings is 4. The Labute approximate surface area is 196 Å². The van der Waals surface area contributed by atoms with Crippen LogP contribution in [0.3, 0.4) is 0 Å². The van der Waals surface area contributed by atoms with Gasteiger partial charge in [-0.15, -0.1) is 0 Å². The SMILES string of the molecule is CCCCc1cc(F)c(C(F)(F)Oc2ccc(-c3ccc4c(F)c(F)c(F)cc4c3)cc2)c(F)c1. The van der Waals surface area contributed by atoms with Gasteiger partial charge in [0, 0.05) is 5.39 Å². The van der Waals surface area contributed by atoms with Gasteiger partial charge in [0.05, 0.1) is 0 Å². The molecule has 182 valence electrons. The first-order chi connectivity index (χ1) is 16.6. The fraction of sp³-hybridized carbons (Fsp3) is 0.185. The Balaban J connectivity index is 1.58. The molecular weight excluding hydrogens is 473 g/mol. The van der Waals surface area contributed by atoms with Crippen LogP contribution in [0.5, 0.6) is 5.75 Å². The van der Waals surface area contributed by atoms with Gasteiger partial charge in [0.25, 0.3) is 0 Å². The minimum atomic E-state index is -4.28. The molecule has 0 N–H and O–H groups in total. The molecular formula is C27H19F7O. The van der Waals surface area contributed by atoms with E-state index in [0.29, 0.717) is 24.0 Å². The average molecular weight is 492 g/mol. The van der Waals surface area contributed by atoms with Crippen molar-refractivity contribution in [2.24, 2.45) is 0 Å². The Hall–Kier alpha value is -3.55. The maximum absolute atomic E-state index is 14.6. The van der Waals surface area contributed by atoms with Gasteiger partial charge in [-0.3, -0.25) is 0 Å². The van der Waals surface area contributed by atoms with Crippen molar-refractivity contribution < 1.29 is 35.5 Å². The molecule has 8 heteroatoms. The van der Waals surface area contributed by atoms with Gasteiger partial charge >= 0.3 is 6.11 Å². The van der Waals surface area contributed by atoms with Crippen LogP contribution in [0.1, 0.15) is 30.9 Å². The van der Waals surface area contributed by atoms with E-state index < -0.39 is 40.8 Å². The van der Waals surface area contributed by atoms with Gasteiger partial charge in [0.2, 0.25) is 0 Å². The Morgan fingerprint density at radius 2 is 1.34 bits per heavy atom. The number of hydrogen-bond donors (Lipinski definition) is 0. The molecule has 0 unspecified atom stereocenters. The summed E-state index contributed by atoms with van der Waals surface area (Å²) in [6.45, 7) is 1.90. The van der Waals surface area contributed by atoms with Crippen molar-refractivity contribution in [3.05, 3.63) is 101 Å². The zero-order valence-corrected chi connectivity index (χ0v) is 18.4. The molecule has 0 amide bonds. The fourth-order valence-corrected chi connectivity index (χ4v) is 3.83. The number of ether oxygens (including phenoxy) is 1. The molecule has 0 aliphatic carbocycles. The van der Waals surface area contributed by atoms with E-state index >= 15 is 0 Å². The lowest BCUT2D eigenvalue weighted by Crippen LogP contribution is -2.25. The molecule has 0 radical (unpaired) electrons. The third-order valence-corrected chi connectivity index (χ3v) is 5.62. The van der Waals surface area contributed by atoms with Crippen LogP contribution in [-0.4, -0.2) is 0 Å². The lowest BCUT2D eigenvalue weighted by atomic mass is 10.0. The first kappa shape index (κ1) is 24.6. The van der Waals surface area contributed by atoms with E-state index in [1.54, 1.807) is 0 Å². The van der Waals surface area contributed by atoms with Crippen molar-refractivity contribution in [3.63, 3.8) is 0 Å². The van der Waals surface area contributed by atoms with Crippen LogP contribution in [0.4, 0.5) is 30.7 Å². The predicted octanol–water partition coefficient (Wildman–Crippen LogP) is 8.67. The second-order valence-electron chi connectivity index (χ2n) is 8.10. The van der Waals surface area contributed by atoms with Crippen molar-refractivity contribution in [3.8, 4) is 16.9 Å². The maximum atomic E-state index is 14.6. The normalized spacial score (nSPS) is 11.8. The summed E-state index contributed by atoms with van der Waals surface area (Å²) in [5.74, 6) is -7.37. The van der Waals surface area contributed by atoms with E-state index in [9.17, 15) is 30.7 Å². The van der Waals surface area contributed by atoms with Crippen LogP contribution in [0.25, 0.3) is 21.9 Å². The molecule has 4 aromatic rings. The van der Waals surface area contributed by atoms with Crippen LogP contribution < -0.4 is 4.74 Å². The molecule has 35 heavy (non-hydrogen) atoms. The van der Waals surface area contributed by atoms with Crippen LogP contribution in [0.15, 0.2) is 60.7 Å². The zero-order valence-electron chi connectivity index (χ0n) is 18.4. The molecule has 0 aromatic heterocycles. The molecule has 0 saturated heterocycles. The van der Waals surface area contributed by atoms with Gasteiger partial charge in [-0.25, -0.2) is 22.0 Å². The van der Waals surface area contributed by atoms with Crippen molar-refractivity contribution in [1.82, 2.24) is 0 Å². The lowest BCUT2D eigenvalue weighted by Gasteiger charge is -2.20. The van der Waals surface area contributed by atoms with E-state index in [1.165, 1.54) is 42.5 Å². The average Bonchev–Trinajstić information content (AvgIpc) is 2.80. The van der Waals surface area contributed by atoms with Gasteiger partial charge < -0.3 is 4.74 Å². The molecule has 0 bridgehead atoms. The number of rotatable bonds is 7. The van der Waals surface area contributed by atoms with Gasteiger partial charge in [-0.2, -0.15) is 8.78 Å². The number of hydrogen-bond acceptors (Lipinski definition) is 1. The molecule has 0 aliphatic heterocycles. The lowest BCUT2D eigenvalue weighted by molar-refractivity contribution is -0.189. The van der Waals surface area contributed by atoms with Crippen molar-refractivity contribution >= 4 is 10.8 Å². The van der Waals surface area contributed by atoms with Crippen LogP contribution in [0.2, 0.25) is 0 Å². The van der Waals surface area contributed by atoms with Gasteiger partial charge in [-0.05, 0) is 71.3 Å². The Bertz CT molecular complexity index is 1360. The van der Waals surface area contributed by atoms with Gasteiger partial charge in [-0.1, -0.05) is 37.6 Å². The number of halogens is 7. The summed E-state index contributed by atoms with van der Waals surface area (Å²) in [6.07, 6.45) is -2.47.